The van der Waals surface area contributed by atoms with Crippen molar-refractivity contribution < 1.29 is 14.3 Å². The molecule has 0 spiro atoms. The quantitative estimate of drug-likeness (QED) is 0.868. The van der Waals surface area contributed by atoms with Gasteiger partial charge in [0.15, 0.2) is 0 Å². The van der Waals surface area contributed by atoms with Crippen LogP contribution in [0.25, 0.3) is 10.9 Å². The molecule has 0 saturated carbocycles. The highest BCUT2D eigenvalue weighted by molar-refractivity contribution is 5.94. The Balaban J connectivity index is 2.28. The number of nitrogens with one attached hydrogen (secondary N) is 1. The van der Waals surface area contributed by atoms with E-state index in [1.54, 1.807) is 10.8 Å². The number of hydrogen-bond donors (Lipinski definition) is 2. The number of ether oxygens (including phenoxy) is 1. The minimum atomic E-state index is -0.850. The fourth-order valence-electron chi connectivity index (χ4n) is 1.95. The van der Waals surface area contributed by atoms with E-state index in [2.05, 4.69) is 0 Å². The molecule has 0 fully saturated rings. The Kier molecular flexibility index (Phi) is 3.70. The van der Waals surface area contributed by atoms with E-state index in [0.717, 1.165) is 16.7 Å². The number of hydrogen-bond acceptors (Lipinski definition) is 3. The van der Waals surface area contributed by atoms with E-state index in [0.29, 0.717) is 6.61 Å². The van der Waals surface area contributed by atoms with Crippen molar-refractivity contribution in [3.8, 4) is 5.75 Å². The third-order valence-corrected chi connectivity index (χ3v) is 2.65. The van der Waals surface area contributed by atoms with Crippen LogP contribution < -0.4 is 15.8 Å². The van der Waals surface area contributed by atoms with E-state index in [-0.39, 0.29) is 6.54 Å². The largest absolute Gasteiger partial charge is 0.493 e. The lowest BCUT2D eigenvalue weighted by molar-refractivity contribution is -0.120. The van der Waals surface area contributed by atoms with Crippen molar-refractivity contribution in [3.05, 3.63) is 30.5 Å². The molecule has 0 aliphatic carbocycles. The molecule has 0 aliphatic rings. The van der Waals surface area contributed by atoms with Gasteiger partial charge < -0.3 is 15.0 Å². The molecule has 0 unspecified atom stereocenters. The topological polar surface area (TPSA) is 86.3 Å². The van der Waals surface area contributed by atoms with Gasteiger partial charge in [0.1, 0.15) is 12.3 Å². The zero-order valence-corrected chi connectivity index (χ0v) is 10.6. The van der Waals surface area contributed by atoms with Crippen LogP contribution in [-0.2, 0) is 11.3 Å². The maximum atomic E-state index is 11.5. The molecule has 2 rings (SSSR count). The van der Waals surface area contributed by atoms with Gasteiger partial charge in [0, 0.05) is 11.6 Å². The number of nitrogens with zero attached hydrogens (tertiary/aromatic N) is 1. The van der Waals surface area contributed by atoms with Gasteiger partial charge >= 0.3 is 6.03 Å². The van der Waals surface area contributed by atoms with Crippen LogP contribution in [-0.4, -0.2) is 23.1 Å². The molecular weight excluding hydrogens is 246 g/mol. The molecule has 0 aliphatic heterocycles. The number of benzene rings is 1. The van der Waals surface area contributed by atoms with E-state index in [4.69, 9.17) is 10.5 Å². The van der Waals surface area contributed by atoms with Gasteiger partial charge in [-0.3, -0.25) is 10.1 Å². The number of nitrogens with two attached hydrogens (primary N) is 1. The Hall–Kier alpha value is -2.50. The first-order chi connectivity index (χ1) is 9.11. The molecule has 6 nitrogen and oxygen atoms in total. The lowest BCUT2D eigenvalue weighted by atomic mass is 10.2. The zero-order chi connectivity index (χ0) is 13.8. The SMILES string of the molecule is CCOc1cccc2c1ccn2CC(=O)NC(N)=O. The molecule has 1 aromatic carbocycles. The Labute approximate surface area is 110 Å². The van der Waals surface area contributed by atoms with Gasteiger partial charge in [-0.05, 0) is 25.1 Å². The fourth-order valence-corrected chi connectivity index (χ4v) is 1.95. The van der Waals surface area contributed by atoms with Crippen molar-refractivity contribution in [2.75, 3.05) is 6.61 Å². The second kappa shape index (κ2) is 5.43. The summed E-state index contributed by atoms with van der Waals surface area (Å²) in [7, 11) is 0. The number of carbonyl (C=O) groups is 2. The van der Waals surface area contributed by atoms with Crippen LogP contribution >= 0.6 is 0 Å². The summed E-state index contributed by atoms with van der Waals surface area (Å²) >= 11 is 0. The monoisotopic (exact) mass is 261 g/mol. The second-order valence-corrected chi connectivity index (χ2v) is 3.98. The summed E-state index contributed by atoms with van der Waals surface area (Å²) in [4.78, 5) is 22.1. The Morgan fingerprint density at radius 1 is 1.37 bits per heavy atom. The van der Waals surface area contributed by atoms with Crippen molar-refractivity contribution in [1.29, 1.82) is 0 Å². The fraction of sp³-hybridized carbons (Fsp3) is 0.231. The molecule has 0 saturated heterocycles. The van der Waals surface area contributed by atoms with E-state index < -0.39 is 11.9 Å². The number of primary amides is 1. The van der Waals surface area contributed by atoms with Crippen LogP contribution in [0.1, 0.15) is 6.92 Å². The highest BCUT2D eigenvalue weighted by atomic mass is 16.5. The molecule has 100 valence electrons. The number of carbonyl (C=O) groups excluding carboxylic acids is 2. The molecule has 19 heavy (non-hydrogen) atoms. The molecule has 2 aromatic rings. The summed E-state index contributed by atoms with van der Waals surface area (Å²) in [5, 5.41) is 2.96. The first-order valence-electron chi connectivity index (χ1n) is 5.91. The van der Waals surface area contributed by atoms with Crippen molar-refractivity contribution in [2.24, 2.45) is 5.73 Å². The minimum Gasteiger partial charge on any atom is -0.493 e. The van der Waals surface area contributed by atoms with Crippen LogP contribution in [0.4, 0.5) is 4.79 Å². The molecule has 1 heterocycles. The highest BCUT2D eigenvalue weighted by Crippen LogP contribution is 2.26. The van der Waals surface area contributed by atoms with E-state index in [1.165, 1.54) is 0 Å². The zero-order valence-electron chi connectivity index (χ0n) is 10.6. The van der Waals surface area contributed by atoms with Crippen molar-refractivity contribution in [1.82, 2.24) is 9.88 Å². The normalized spacial score (nSPS) is 10.4. The Morgan fingerprint density at radius 3 is 2.84 bits per heavy atom. The predicted molar refractivity (Wildman–Crippen MR) is 70.8 cm³/mol. The Bertz CT molecular complexity index is 619. The molecule has 0 bridgehead atoms. The summed E-state index contributed by atoms with van der Waals surface area (Å²) in [5.74, 6) is 0.320. The average molecular weight is 261 g/mol. The molecular formula is C13H15N3O3. The van der Waals surface area contributed by atoms with Crippen LogP contribution in [0.2, 0.25) is 0 Å². The first kappa shape index (κ1) is 12.9. The standard InChI is InChI=1S/C13H15N3O3/c1-2-19-11-5-3-4-10-9(11)6-7-16(10)8-12(17)15-13(14)18/h3-7H,2,8H2,1H3,(H3,14,15,17,18). The highest BCUT2D eigenvalue weighted by Gasteiger charge is 2.10. The Morgan fingerprint density at radius 2 is 2.16 bits per heavy atom. The average Bonchev–Trinajstić information content (AvgIpc) is 2.73. The summed E-state index contributed by atoms with van der Waals surface area (Å²) in [6.07, 6.45) is 1.77. The summed E-state index contributed by atoms with van der Waals surface area (Å²) in [5.41, 5.74) is 5.76. The summed E-state index contributed by atoms with van der Waals surface area (Å²) < 4.78 is 7.25. The molecule has 1 aromatic heterocycles. The molecule has 3 amide bonds. The van der Waals surface area contributed by atoms with E-state index >= 15 is 0 Å². The van der Waals surface area contributed by atoms with Gasteiger partial charge in [-0.2, -0.15) is 0 Å². The van der Waals surface area contributed by atoms with Gasteiger partial charge in [0.2, 0.25) is 5.91 Å². The smallest absolute Gasteiger partial charge is 0.318 e. The number of imide groups is 1. The van der Waals surface area contributed by atoms with Crippen molar-refractivity contribution >= 4 is 22.8 Å². The number of fused-ring (bicyclic) bond motifs is 1. The van der Waals surface area contributed by atoms with Gasteiger partial charge in [-0.25, -0.2) is 4.79 Å². The third-order valence-electron chi connectivity index (χ3n) is 2.65. The van der Waals surface area contributed by atoms with Crippen molar-refractivity contribution in [3.63, 3.8) is 0 Å². The van der Waals surface area contributed by atoms with Gasteiger partial charge in [0.25, 0.3) is 0 Å². The number of amides is 3. The van der Waals surface area contributed by atoms with Gasteiger partial charge in [0.05, 0.1) is 12.1 Å². The number of rotatable bonds is 4. The first-order valence-corrected chi connectivity index (χ1v) is 5.91. The number of urea groups is 1. The number of aromatic nitrogens is 1. The predicted octanol–water partition coefficient (Wildman–Crippen LogP) is 1.23. The van der Waals surface area contributed by atoms with Crippen molar-refractivity contribution in [2.45, 2.75) is 13.5 Å². The maximum absolute atomic E-state index is 11.5. The van der Waals surface area contributed by atoms with E-state index in [1.807, 2.05) is 36.5 Å². The van der Waals surface area contributed by atoms with Gasteiger partial charge in [-0.1, -0.05) is 6.07 Å². The van der Waals surface area contributed by atoms with Crippen LogP contribution in [0, 0.1) is 0 Å². The summed E-state index contributed by atoms with van der Waals surface area (Å²) in [6, 6.07) is 6.64. The molecule has 3 N–H and O–H groups in total. The molecule has 0 atom stereocenters. The molecule has 0 radical (unpaired) electrons. The van der Waals surface area contributed by atoms with Gasteiger partial charge in [-0.15, -0.1) is 0 Å². The summed E-state index contributed by atoms with van der Waals surface area (Å²) in [6.45, 7) is 2.52. The lowest BCUT2D eigenvalue weighted by Gasteiger charge is -2.07. The van der Waals surface area contributed by atoms with Crippen LogP contribution in [0.3, 0.4) is 0 Å². The van der Waals surface area contributed by atoms with E-state index in [9.17, 15) is 9.59 Å². The van der Waals surface area contributed by atoms with Crippen LogP contribution in [0.15, 0.2) is 30.5 Å². The minimum absolute atomic E-state index is 0.0298. The lowest BCUT2D eigenvalue weighted by Crippen LogP contribution is -2.37. The third kappa shape index (κ3) is 2.85. The second-order valence-electron chi connectivity index (χ2n) is 3.98. The van der Waals surface area contributed by atoms with Crippen LogP contribution in [0.5, 0.6) is 5.75 Å². The maximum Gasteiger partial charge on any atom is 0.318 e. The molecule has 6 heteroatoms.